The highest BCUT2D eigenvalue weighted by atomic mass is 35.5. The first-order chi connectivity index (χ1) is 9.63. The van der Waals surface area contributed by atoms with Crippen molar-refractivity contribution in [1.29, 1.82) is 0 Å². The first-order valence-electron chi connectivity index (χ1n) is 6.84. The van der Waals surface area contributed by atoms with Gasteiger partial charge in [-0.1, -0.05) is 23.2 Å². The summed E-state index contributed by atoms with van der Waals surface area (Å²) in [6.07, 6.45) is 2.68. The van der Waals surface area contributed by atoms with Gasteiger partial charge in [0.05, 0.1) is 22.8 Å². The number of anilines is 2. The van der Waals surface area contributed by atoms with Crippen LogP contribution < -0.4 is 11.1 Å². The highest BCUT2D eigenvalue weighted by Gasteiger charge is 2.32. The maximum absolute atomic E-state index is 6.09. The Morgan fingerprint density at radius 2 is 2.30 bits per heavy atom. The number of pyridine rings is 1. The number of fused-ring (bicyclic) bond motifs is 1. The molecule has 2 unspecified atom stereocenters. The van der Waals surface area contributed by atoms with Crippen molar-refractivity contribution in [2.24, 2.45) is 0 Å². The number of morpholine rings is 1. The van der Waals surface area contributed by atoms with Crippen molar-refractivity contribution >= 4 is 34.8 Å². The van der Waals surface area contributed by atoms with Crippen LogP contribution in [0.25, 0.3) is 0 Å². The van der Waals surface area contributed by atoms with E-state index in [0.717, 1.165) is 13.2 Å². The van der Waals surface area contributed by atoms with Crippen LogP contribution >= 0.6 is 23.2 Å². The van der Waals surface area contributed by atoms with Gasteiger partial charge in [-0.3, -0.25) is 4.90 Å². The van der Waals surface area contributed by atoms with E-state index in [1.807, 2.05) is 0 Å². The van der Waals surface area contributed by atoms with Crippen molar-refractivity contribution in [2.45, 2.75) is 25.0 Å². The number of rotatable bonds is 3. The molecule has 0 aliphatic carbocycles. The molecular weight excluding hydrogens is 299 g/mol. The Balaban J connectivity index is 1.58. The number of aromatic nitrogens is 1. The summed E-state index contributed by atoms with van der Waals surface area (Å²) in [5.41, 5.74) is 5.69. The van der Waals surface area contributed by atoms with Gasteiger partial charge in [0.15, 0.2) is 0 Å². The van der Waals surface area contributed by atoms with E-state index in [2.05, 4.69) is 15.2 Å². The average molecular weight is 317 g/mol. The molecule has 3 N–H and O–H groups in total. The SMILES string of the molecule is Nc1nc(NCC2CN3CCCC3CO2)c(Cl)cc1Cl. The van der Waals surface area contributed by atoms with E-state index in [9.17, 15) is 0 Å². The Hall–Kier alpha value is -0.750. The third-order valence-electron chi connectivity index (χ3n) is 3.92. The summed E-state index contributed by atoms with van der Waals surface area (Å²) in [6.45, 7) is 3.61. The van der Waals surface area contributed by atoms with E-state index in [4.69, 9.17) is 33.7 Å². The maximum atomic E-state index is 6.09. The van der Waals surface area contributed by atoms with Crippen LogP contribution in [0.5, 0.6) is 0 Å². The summed E-state index contributed by atoms with van der Waals surface area (Å²) in [4.78, 5) is 6.66. The van der Waals surface area contributed by atoms with Crippen molar-refractivity contribution < 1.29 is 4.74 Å². The zero-order valence-electron chi connectivity index (χ0n) is 11.1. The summed E-state index contributed by atoms with van der Waals surface area (Å²) >= 11 is 12.0. The van der Waals surface area contributed by atoms with Gasteiger partial charge in [-0.25, -0.2) is 4.98 Å². The molecule has 1 aromatic rings. The Morgan fingerprint density at radius 1 is 1.45 bits per heavy atom. The van der Waals surface area contributed by atoms with Gasteiger partial charge >= 0.3 is 0 Å². The smallest absolute Gasteiger partial charge is 0.147 e. The third-order valence-corrected chi connectivity index (χ3v) is 4.51. The minimum atomic E-state index is 0.152. The van der Waals surface area contributed by atoms with Crippen LogP contribution in [0.1, 0.15) is 12.8 Å². The number of nitrogens with zero attached hydrogens (tertiary/aromatic N) is 2. The van der Waals surface area contributed by atoms with Crippen molar-refractivity contribution in [1.82, 2.24) is 9.88 Å². The van der Waals surface area contributed by atoms with Crippen LogP contribution in [0, 0.1) is 0 Å². The van der Waals surface area contributed by atoms with E-state index >= 15 is 0 Å². The molecule has 7 heteroatoms. The number of hydrogen-bond acceptors (Lipinski definition) is 5. The largest absolute Gasteiger partial charge is 0.382 e. The van der Waals surface area contributed by atoms with Crippen LogP contribution in [-0.4, -0.2) is 48.3 Å². The number of nitrogens with one attached hydrogen (secondary N) is 1. The van der Waals surface area contributed by atoms with Crippen molar-refractivity contribution in [3.63, 3.8) is 0 Å². The normalized spacial score (nSPS) is 26.5. The summed E-state index contributed by atoms with van der Waals surface area (Å²) in [5, 5.41) is 4.04. The molecule has 0 radical (unpaired) electrons. The molecular formula is C13H18Cl2N4O. The zero-order valence-corrected chi connectivity index (χ0v) is 12.6. The van der Waals surface area contributed by atoms with Crippen LogP contribution in [0.3, 0.4) is 0 Å². The topological polar surface area (TPSA) is 63.4 Å². The summed E-state index contributed by atoms with van der Waals surface area (Å²) < 4.78 is 5.88. The lowest BCUT2D eigenvalue weighted by molar-refractivity contribution is -0.0416. The quantitative estimate of drug-likeness (QED) is 0.895. The average Bonchev–Trinajstić information content (AvgIpc) is 2.89. The van der Waals surface area contributed by atoms with E-state index < -0.39 is 0 Å². The molecule has 5 nitrogen and oxygen atoms in total. The van der Waals surface area contributed by atoms with Gasteiger partial charge in [-0.2, -0.15) is 0 Å². The summed E-state index contributed by atoms with van der Waals surface area (Å²) in [5.74, 6) is 0.837. The summed E-state index contributed by atoms with van der Waals surface area (Å²) in [6, 6.07) is 2.21. The number of ether oxygens (including phenoxy) is 1. The van der Waals surface area contributed by atoms with Gasteiger partial charge in [0.2, 0.25) is 0 Å². The van der Waals surface area contributed by atoms with Crippen LogP contribution in [0.2, 0.25) is 10.0 Å². The lowest BCUT2D eigenvalue weighted by Gasteiger charge is -2.35. The zero-order chi connectivity index (χ0) is 14.1. The second-order valence-corrected chi connectivity index (χ2v) is 6.13. The van der Waals surface area contributed by atoms with Crippen molar-refractivity contribution in [3.8, 4) is 0 Å². The number of hydrogen-bond donors (Lipinski definition) is 2. The monoisotopic (exact) mass is 316 g/mol. The molecule has 2 saturated heterocycles. The Kier molecular flexibility index (Phi) is 4.21. The van der Waals surface area contributed by atoms with Crippen LogP contribution in [0.15, 0.2) is 6.07 Å². The van der Waals surface area contributed by atoms with Crippen molar-refractivity contribution in [2.75, 3.05) is 37.3 Å². The minimum absolute atomic E-state index is 0.152. The number of halogens is 2. The van der Waals surface area contributed by atoms with Crippen molar-refractivity contribution in [3.05, 3.63) is 16.1 Å². The third kappa shape index (κ3) is 2.96. The predicted molar refractivity (Wildman–Crippen MR) is 81.5 cm³/mol. The molecule has 0 saturated carbocycles. The molecule has 1 aromatic heterocycles. The van der Waals surface area contributed by atoms with Crippen LogP contribution in [0.4, 0.5) is 11.6 Å². The Bertz CT molecular complexity index is 500. The number of nitrogen functional groups attached to an aromatic ring is 1. The molecule has 2 aliphatic rings. The Labute approximate surface area is 128 Å². The molecule has 2 atom stereocenters. The second-order valence-electron chi connectivity index (χ2n) is 5.31. The molecule has 0 spiro atoms. The van der Waals surface area contributed by atoms with Gasteiger partial charge in [-0.05, 0) is 25.5 Å². The fraction of sp³-hybridized carbons (Fsp3) is 0.615. The molecule has 0 amide bonds. The molecule has 2 fully saturated rings. The van der Waals surface area contributed by atoms with E-state index in [0.29, 0.717) is 28.4 Å². The van der Waals surface area contributed by atoms with Gasteiger partial charge in [0.25, 0.3) is 0 Å². The summed E-state index contributed by atoms with van der Waals surface area (Å²) in [7, 11) is 0. The fourth-order valence-corrected chi connectivity index (χ4v) is 3.25. The molecule has 0 aromatic carbocycles. The van der Waals surface area contributed by atoms with E-state index in [1.54, 1.807) is 6.07 Å². The molecule has 0 bridgehead atoms. The minimum Gasteiger partial charge on any atom is -0.382 e. The molecule has 2 aliphatic heterocycles. The number of nitrogens with two attached hydrogens (primary N) is 1. The Morgan fingerprint density at radius 3 is 3.15 bits per heavy atom. The highest BCUT2D eigenvalue weighted by molar-refractivity contribution is 6.37. The first-order valence-corrected chi connectivity index (χ1v) is 7.60. The fourth-order valence-electron chi connectivity index (χ4n) is 2.82. The molecule has 3 heterocycles. The molecule has 20 heavy (non-hydrogen) atoms. The lowest BCUT2D eigenvalue weighted by Crippen LogP contribution is -2.48. The first kappa shape index (κ1) is 14.2. The van der Waals surface area contributed by atoms with E-state index in [1.165, 1.54) is 19.4 Å². The van der Waals surface area contributed by atoms with E-state index in [-0.39, 0.29) is 11.9 Å². The highest BCUT2D eigenvalue weighted by Crippen LogP contribution is 2.28. The van der Waals surface area contributed by atoms with Gasteiger partial charge < -0.3 is 15.8 Å². The molecule has 3 rings (SSSR count). The maximum Gasteiger partial charge on any atom is 0.147 e. The van der Waals surface area contributed by atoms with Crippen LogP contribution in [-0.2, 0) is 4.74 Å². The standard InChI is InChI=1S/C13H18Cl2N4O/c14-10-4-11(15)13(18-12(10)16)17-5-9-6-19-3-1-2-8(19)7-20-9/h4,8-9H,1-3,5-7H2,(H3,16,17,18). The predicted octanol–water partition coefficient (Wildman–Crippen LogP) is 2.25. The van der Waals surface area contributed by atoms with Gasteiger partial charge in [-0.15, -0.1) is 0 Å². The second kappa shape index (κ2) is 5.93. The molecule has 110 valence electrons. The van der Waals surface area contributed by atoms with Gasteiger partial charge in [0.1, 0.15) is 11.6 Å². The lowest BCUT2D eigenvalue weighted by atomic mass is 10.2. The van der Waals surface area contributed by atoms with Gasteiger partial charge in [0, 0.05) is 19.1 Å².